The van der Waals surface area contributed by atoms with Crippen molar-refractivity contribution in [1.82, 2.24) is 0 Å². The summed E-state index contributed by atoms with van der Waals surface area (Å²) >= 11 is 0. The molecule has 0 aromatic rings. The van der Waals surface area contributed by atoms with Crippen LogP contribution >= 0.6 is 0 Å². The van der Waals surface area contributed by atoms with Crippen molar-refractivity contribution in [3.05, 3.63) is 30.3 Å². The molecule has 0 saturated heterocycles. The summed E-state index contributed by atoms with van der Waals surface area (Å²) in [6, 6.07) is 0. The van der Waals surface area contributed by atoms with Crippen LogP contribution < -0.4 is 0 Å². The Balaban J connectivity index is 4.81. The second-order valence-electron chi connectivity index (χ2n) is 3.88. The second kappa shape index (κ2) is 7.84. The summed E-state index contributed by atoms with van der Waals surface area (Å²) in [5.74, 6) is -0.113. The molecule has 2 atom stereocenters. The largest absolute Gasteiger partial charge is 0.311 e. The van der Waals surface area contributed by atoms with Crippen LogP contribution in [0, 0.1) is 36.3 Å². The average Bonchev–Trinajstić information content (AvgIpc) is 2.21. The van der Waals surface area contributed by atoms with Gasteiger partial charge in [0.05, 0.1) is 0 Å². The zero-order valence-corrected chi connectivity index (χ0v) is 10.2. The Bertz CT molecular complexity index is 334. The molecule has 12 nitrogen and oxygen atoms in total. The molecule has 19 heavy (non-hydrogen) atoms. The van der Waals surface area contributed by atoms with Gasteiger partial charge >= 0.3 is 0 Å². The smallest absolute Gasteiger partial charge is 0.294 e. The molecule has 0 spiro atoms. The molecule has 2 unspecified atom stereocenters. The molecule has 12 heteroatoms. The summed E-state index contributed by atoms with van der Waals surface area (Å²) < 4.78 is 0. The van der Waals surface area contributed by atoms with Crippen molar-refractivity contribution in [1.29, 1.82) is 0 Å². The maximum atomic E-state index is 10.3. The van der Waals surface area contributed by atoms with Crippen LogP contribution in [0.3, 0.4) is 0 Å². The van der Waals surface area contributed by atoms with Gasteiger partial charge in [-0.3, -0.25) is 0 Å². The van der Waals surface area contributed by atoms with E-state index in [1.54, 1.807) is 13.8 Å². The van der Waals surface area contributed by atoms with E-state index in [-0.39, 0.29) is 12.3 Å². The quantitative estimate of drug-likeness (QED) is 0.408. The van der Waals surface area contributed by atoms with E-state index in [4.69, 9.17) is 0 Å². The van der Waals surface area contributed by atoms with E-state index in [9.17, 15) is 30.3 Å². The van der Waals surface area contributed by atoms with Crippen LogP contribution in [0.1, 0.15) is 20.3 Å². The molecule has 0 bridgehead atoms. The molecule has 0 aliphatic carbocycles. The second-order valence-corrected chi connectivity index (χ2v) is 3.88. The Morgan fingerprint density at radius 3 is 1.74 bits per heavy atom. The first kappa shape index (κ1) is 16.6. The molecule has 0 aromatic carbocycles. The summed E-state index contributed by atoms with van der Waals surface area (Å²) in [7, 11) is 0. The minimum absolute atomic E-state index is 0.0283. The fourth-order valence-corrected chi connectivity index (χ4v) is 1.29. The van der Waals surface area contributed by atoms with Gasteiger partial charge in [-0.2, -0.15) is 0 Å². The van der Waals surface area contributed by atoms with Gasteiger partial charge in [-0.05, 0) is 12.3 Å². The van der Waals surface area contributed by atoms with Crippen molar-refractivity contribution in [2.24, 2.45) is 5.92 Å². The van der Waals surface area contributed by atoms with Gasteiger partial charge in [0.25, 0.3) is 15.3 Å². The highest BCUT2D eigenvalue weighted by Crippen LogP contribution is 2.15. The van der Waals surface area contributed by atoms with E-state index in [2.05, 4.69) is 14.5 Å². The van der Waals surface area contributed by atoms with Crippen LogP contribution in [0.2, 0.25) is 0 Å². The topological polar surface area (TPSA) is 157 Å². The molecular formula is C7H13N3O9. The Kier molecular flexibility index (Phi) is 6.85. The van der Waals surface area contributed by atoms with Crippen molar-refractivity contribution >= 4 is 0 Å². The molecule has 0 aromatic heterocycles. The fraction of sp³-hybridized carbons (Fsp3) is 1.00. The molecule has 0 saturated carbocycles. The Labute approximate surface area is 106 Å². The normalized spacial score (nSPS) is 13.4. The first-order valence-corrected chi connectivity index (χ1v) is 5.12. The van der Waals surface area contributed by atoms with E-state index >= 15 is 0 Å². The molecule has 0 rings (SSSR count). The van der Waals surface area contributed by atoms with Crippen molar-refractivity contribution in [3.8, 4) is 0 Å². The van der Waals surface area contributed by atoms with E-state index < -0.39 is 34.1 Å². The van der Waals surface area contributed by atoms with Crippen molar-refractivity contribution in [3.63, 3.8) is 0 Å². The van der Waals surface area contributed by atoms with Gasteiger partial charge in [-0.25, -0.2) is 0 Å². The maximum Gasteiger partial charge on any atom is 0.294 e. The third-order valence-electron chi connectivity index (χ3n) is 1.91. The first-order chi connectivity index (χ1) is 8.72. The molecule has 0 radical (unpaired) electrons. The Morgan fingerprint density at radius 1 is 0.895 bits per heavy atom. The van der Waals surface area contributed by atoms with Crippen LogP contribution in [0.25, 0.3) is 0 Å². The van der Waals surface area contributed by atoms with E-state index in [0.29, 0.717) is 0 Å². The van der Waals surface area contributed by atoms with E-state index in [1.165, 1.54) is 0 Å². The fourth-order valence-electron chi connectivity index (χ4n) is 1.29. The molecule has 0 heterocycles. The van der Waals surface area contributed by atoms with Gasteiger partial charge in [-0.15, -0.1) is 30.3 Å². The molecule has 0 N–H and O–H groups in total. The van der Waals surface area contributed by atoms with Gasteiger partial charge in [0.1, 0.15) is 12.7 Å². The van der Waals surface area contributed by atoms with Crippen LogP contribution in [0.5, 0.6) is 0 Å². The summed E-state index contributed by atoms with van der Waals surface area (Å²) in [5, 5.41) is 27.1. The summed E-state index contributed by atoms with van der Waals surface area (Å²) in [6.07, 6.45) is -2.89. The predicted octanol–water partition coefficient (Wildman–Crippen LogP) is 0.395. The lowest BCUT2D eigenvalue weighted by atomic mass is 10.0. The zero-order valence-electron chi connectivity index (χ0n) is 10.2. The van der Waals surface area contributed by atoms with Crippen molar-refractivity contribution in [2.45, 2.75) is 32.5 Å². The lowest BCUT2D eigenvalue weighted by Gasteiger charge is -2.23. The Hall–Kier alpha value is -2.40. The average molecular weight is 283 g/mol. The highest BCUT2D eigenvalue weighted by Gasteiger charge is 2.30. The molecule has 0 amide bonds. The van der Waals surface area contributed by atoms with Crippen LogP contribution in [0.4, 0.5) is 0 Å². The van der Waals surface area contributed by atoms with E-state index in [0.717, 1.165) is 0 Å². The van der Waals surface area contributed by atoms with Gasteiger partial charge in [0.15, 0.2) is 6.10 Å². The SMILES string of the molecule is CC(C)CC(O[N+](=O)[O-])C(CO[N+](=O)[O-])O[N+](=O)[O-]. The highest BCUT2D eigenvalue weighted by atomic mass is 17.0. The minimum Gasteiger partial charge on any atom is -0.311 e. The van der Waals surface area contributed by atoms with Gasteiger partial charge < -0.3 is 14.5 Å². The van der Waals surface area contributed by atoms with Crippen LogP contribution in [-0.4, -0.2) is 34.1 Å². The van der Waals surface area contributed by atoms with Crippen LogP contribution in [0.15, 0.2) is 0 Å². The van der Waals surface area contributed by atoms with Gasteiger partial charge in [0.2, 0.25) is 0 Å². The lowest BCUT2D eigenvalue weighted by molar-refractivity contribution is -0.810. The third-order valence-corrected chi connectivity index (χ3v) is 1.91. The summed E-state index contributed by atoms with van der Waals surface area (Å²) in [5.41, 5.74) is 0. The zero-order chi connectivity index (χ0) is 15.0. The summed E-state index contributed by atoms with van der Waals surface area (Å²) in [6.45, 7) is 2.53. The minimum atomic E-state index is -1.58. The monoisotopic (exact) mass is 283 g/mol. The van der Waals surface area contributed by atoms with Crippen LogP contribution in [-0.2, 0) is 14.5 Å². The standard InChI is InChI=1S/C7H13N3O9/c1-5(2)3-6(18-9(13)14)7(19-10(15)16)4-17-8(11)12/h5-7H,3-4H2,1-2H3. The van der Waals surface area contributed by atoms with E-state index in [1.807, 2.05) is 0 Å². The lowest BCUT2D eigenvalue weighted by Crippen LogP contribution is -2.39. The molecule has 0 aliphatic heterocycles. The van der Waals surface area contributed by atoms with Crippen molar-refractivity contribution in [2.75, 3.05) is 6.61 Å². The van der Waals surface area contributed by atoms with Crippen molar-refractivity contribution < 1.29 is 29.8 Å². The summed E-state index contributed by atoms with van der Waals surface area (Å²) in [4.78, 5) is 42.9. The number of rotatable bonds is 10. The number of hydrogen-bond donors (Lipinski definition) is 0. The number of nitrogens with zero attached hydrogens (tertiary/aromatic N) is 3. The maximum absolute atomic E-state index is 10.3. The molecule has 0 aliphatic rings. The molecular weight excluding hydrogens is 270 g/mol. The van der Waals surface area contributed by atoms with Gasteiger partial charge in [0, 0.05) is 0 Å². The van der Waals surface area contributed by atoms with Gasteiger partial charge in [-0.1, -0.05) is 13.8 Å². The third kappa shape index (κ3) is 8.34. The predicted molar refractivity (Wildman–Crippen MR) is 56.1 cm³/mol. The number of hydrogen-bond acceptors (Lipinski definition) is 9. The highest BCUT2D eigenvalue weighted by molar-refractivity contribution is 4.69. The first-order valence-electron chi connectivity index (χ1n) is 5.12. The molecule has 0 fully saturated rings. The Morgan fingerprint density at radius 2 is 1.37 bits per heavy atom. The molecule has 110 valence electrons.